The first-order valence-corrected chi connectivity index (χ1v) is 4.71. The first-order valence-electron chi connectivity index (χ1n) is 2.87. The Labute approximate surface area is 92.0 Å². The van der Waals surface area contributed by atoms with Crippen molar-refractivity contribution in [2.45, 2.75) is 0 Å². The van der Waals surface area contributed by atoms with Gasteiger partial charge in [-0.05, 0) is 46.3 Å². The fourth-order valence-corrected chi connectivity index (χ4v) is 2.23. The average Bonchev–Trinajstić information content (AvgIpc) is 1.97. The number of benzene rings is 1. The van der Waals surface area contributed by atoms with Crippen LogP contribution in [0.3, 0.4) is 0 Å². The summed E-state index contributed by atoms with van der Waals surface area (Å²) in [6, 6.07) is 2.49. The van der Waals surface area contributed by atoms with E-state index in [1.165, 1.54) is 12.1 Å². The monoisotopic (exact) mass is 318 g/mol. The van der Waals surface area contributed by atoms with E-state index in [9.17, 15) is 9.18 Å². The molecule has 0 amide bonds. The number of carbonyl (C=O) groups is 1. The molecule has 0 bridgehead atoms. The van der Waals surface area contributed by atoms with Crippen LogP contribution in [-0.4, -0.2) is 5.24 Å². The molecule has 0 unspecified atom stereocenters. The summed E-state index contributed by atoms with van der Waals surface area (Å²) in [5.74, 6) is -0.496. The number of hydrogen-bond donors (Lipinski definition) is 0. The largest absolute Gasteiger partial charge is 0.276 e. The number of halogens is 4. The molecule has 1 rings (SSSR count). The van der Waals surface area contributed by atoms with Crippen LogP contribution in [0.5, 0.6) is 0 Å². The van der Waals surface area contributed by atoms with Gasteiger partial charge in [-0.1, -0.05) is 11.6 Å². The molecular formula is C7H2Cl2FIO. The summed E-state index contributed by atoms with van der Waals surface area (Å²) in [7, 11) is 0. The van der Waals surface area contributed by atoms with Gasteiger partial charge < -0.3 is 0 Å². The molecule has 0 aliphatic rings. The van der Waals surface area contributed by atoms with Crippen molar-refractivity contribution in [3.8, 4) is 0 Å². The lowest BCUT2D eigenvalue weighted by atomic mass is 10.2. The van der Waals surface area contributed by atoms with E-state index in [2.05, 4.69) is 0 Å². The Bertz CT molecular complexity index is 340. The molecule has 1 aromatic rings. The van der Waals surface area contributed by atoms with Crippen LogP contribution in [0.25, 0.3) is 0 Å². The minimum atomic E-state index is -0.746. The second-order valence-corrected chi connectivity index (χ2v) is 3.82. The molecule has 0 saturated heterocycles. The first-order chi connectivity index (χ1) is 5.54. The third-order valence-corrected chi connectivity index (χ3v) is 2.80. The summed E-state index contributed by atoms with van der Waals surface area (Å²) in [4.78, 5) is 10.7. The van der Waals surface area contributed by atoms with Crippen molar-refractivity contribution in [3.63, 3.8) is 0 Å². The zero-order valence-electron chi connectivity index (χ0n) is 5.57. The predicted octanol–water partition coefficient (Wildman–Crippen LogP) is 3.46. The minimum absolute atomic E-state index is 0.0268. The highest BCUT2D eigenvalue weighted by molar-refractivity contribution is 14.1. The second kappa shape index (κ2) is 3.89. The van der Waals surface area contributed by atoms with E-state index in [1.807, 2.05) is 0 Å². The Hall–Kier alpha value is 0.130. The Balaban J connectivity index is 3.43. The van der Waals surface area contributed by atoms with E-state index in [0.717, 1.165) is 0 Å². The molecule has 0 atom stereocenters. The summed E-state index contributed by atoms with van der Waals surface area (Å²) < 4.78 is 13.0. The highest BCUT2D eigenvalue weighted by Crippen LogP contribution is 2.25. The fraction of sp³-hybridized carbons (Fsp3) is 0. The predicted molar refractivity (Wildman–Crippen MR) is 54.3 cm³/mol. The van der Waals surface area contributed by atoms with Gasteiger partial charge in [-0.2, -0.15) is 0 Å². The Morgan fingerprint density at radius 2 is 2.08 bits per heavy atom. The summed E-state index contributed by atoms with van der Waals surface area (Å²) in [6.07, 6.45) is 0. The molecule has 0 aromatic heterocycles. The van der Waals surface area contributed by atoms with Crippen molar-refractivity contribution in [1.29, 1.82) is 0 Å². The van der Waals surface area contributed by atoms with Crippen LogP contribution >= 0.6 is 45.8 Å². The highest BCUT2D eigenvalue weighted by Gasteiger charge is 2.15. The van der Waals surface area contributed by atoms with Crippen LogP contribution in [0.15, 0.2) is 12.1 Å². The van der Waals surface area contributed by atoms with Gasteiger partial charge in [0.1, 0.15) is 5.82 Å². The summed E-state index contributed by atoms with van der Waals surface area (Å²) in [6.45, 7) is 0. The van der Waals surface area contributed by atoms with Gasteiger partial charge in [0, 0.05) is 0 Å². The van der Waals surface area contributed by atoms with Crippen molar-refractivity contribution >= 4 is 51.0 Å². The standard InChI is InChI=1S/C7H2Cl2FIO/c8-3-1-2-4(10)6(11)5(3)7(9)12/h1-2H. The minimum Gasteiger partial charge on any atom is -0.276 e. The topological polar surface area (TPSA) is 17.1 Å². The highest BCUT2D eigenvalue weighted by atomic mass is 127. The summed E-state index contributed by atoms with van der Waals surface area (Å²) in [5, 5.41) is -0.579. The second-order valence-electron chi connectivity index (χ2n) is 1.99. The SMILES string of the molecule is O=C(Cl)c1c(Cl)ccc(F)c1I. The zero-order valence-corrected chi connectivity index (χ0v) is 9.24. The molecule has 0 heterocycles. The van der Waals surface area contributed by atoms with Crippen LogP contribution in [0.4, 0.5) is 4.39 Å². The quantitative estimate of drug-likeness (QED) is 0.440. The molecule has 0 fully saturated rings. The molecular weight excluding hydrogens is 317 g/mol. The molecule has 5 heteroatoms. The molecule has 0 spiro atoms. The van der Waals surface area contributed by atoms with Gasteiger partial charge in [-0.3, -0.25) is 4.79 Å². The lowest BCUT2D eigenvalue weighted by Crippen LogP contribution is -1.97. The van der Waals surface area contributed by atoms with E-state index in [0.29, 0.717) is 0 Å². The maximum atomic E-state index is 12.8. The average molecular weight is 319 g/mol. The maximum Gasteiger partial charge on any atom is 0.255 e. The van der Waals surface area contributed by atoms with Crippen LogP contribution in [0.1, 0.15) is 10.4 Å². The van der Waals surface area contributed by atoms with Gasteiger partial charge >= 0.3 is 0 Å². The smallest absolute Gasteiger partial charge is 0.255 e. The van der Waals surface area contributed by atoms with Gasteiger partial charge in [0.05, 0.1) is 14.2 Å². The van der Waals surface area contributed by atoms with Crippen LogP contribution in [0, 0.1) is 9.39 Å². The van der Waals surface area contributed by atoms with Gasteiger partial charge in [-0.25, -0.2) is 4.39 Å². The number of hydrogen-bond acceptors (Lipinski definition) is 1. The molecule has 0 aliphatic heterocycles. The van der Waals surface area contributed by atoms with Crippen molar-refractivity contribution in [1.82, 2.24) is 0 Å². The number of rotatable bonds is 1. The molecule has 12 heavy (non-hydrogen) atoms. The van der Waals surface area contributed by atoms with Gasteiger partial charge in [0.15, 0.2) is 0 Å². The van der Waals surface area contributed by atoms with E-state index < -0.39 is 11.1 Å². The van der Waals surface area contributed by atoms with E-state index in [1.54, 1.807) is 22.6 Å². The summed E-state index contributed by atoms with van der Waals surface area (Å²) in [5.41, 5.74) is 0.0268. The molecule has 0 aliphatic carbocycles. The Kier molecular flexibility index (Phi) is 3.31. The molecule has 0 N–H and O–H groups in total. The normalized spacial score (nSPS) is 10.0. The van der Waals surface area contributed by atoms with E-state index in [-0.39, 0.29) is 14.2 Å². The van der Waals surface area contributed by atoms with Gasteiger partial charge in [0.2, 0.25) is 0 Å². The van der Waals surface area contributed by atoms with Gasteiger partial charge in [-0.15, -0.1) is 0 Å². The van der Waals surface area contributed by atoms with E-state index in [4.69, 9.17) is 23.2 Å². The third-order valence-electron chi connectivity index (χ3n) is 1.24. The van der Waals surface area contributed by atoms with Crippen LogP contribution in [0.2, 0.25) is 5.02 Å². The maximum absolute atomic E-state index is 12.8. The van der Waals surface area contributed by atoms with Crippen molar-refractivity contribution in [3.05, 3.63) is 32.1 Å². The lowest BCUT2D eigenvalue weighted by molar-refractivity contribution is 0.108. The van der Waals surface area contributed by atoms with Crippen molar-refractivity contribution < 1.29 is 9.18 Å². The number of carbonyl (C=O) groups excluding carboxylic acids is 1. The van der Waals surface area contributed by atoms with Crippen molar-refractivity contribution in [2.24, 2.45) is 0 Å². The van der Waals surface area contributed by atoms with Crippen LogP contribution in [-0.2, 0) is 0 Å². The summed E-state index contributed by atoms with van der Waals surface area (Å²) >= 11 is 12.5. The first kappa shape index (κ1) is 10.2. The Morgan fingerprint density at radius 1 is 1.50 bits per heavy atom. The molecule has 0 saturated carbocycles. The molecule has 0 radical (unpaired) electrons. The van der Waals surface area contributed by atoms with E-state index >= 15 is 0 Å². The molecule has 64 valence electrons. The van der Waals surface area contributed by atoms with Crippen LogP contribution < -0.4 is 0 Å². The Morgan fingerprint density at radius 3 is 2.50 bits per heavy atom. The third kappa shape index (κ3) is 1.89. The fourth-order valence-electron chi connectivity index (χ4n) is 0.707. The molecule has 1 aromatic carbocycles. The van der Waals surface area contributed by atoms with Crippen molar-refractivity contribution in [2.75, 3.05) is 0 Å². The molecule has 1 nitrogen and oxygen atoms in total. The zero-order chi connectivity index (χ0) is 9.30. The van der Waals surface area contributed by atoms with Gasteiger partial charge in [0.25, 0.3) is 5.24 Å². The lowest BCUT2D eigenvalue weighted by Gasteiger charge is -2.01.